The van der Waals surface area contributed by atoms with Gasteiger partial charge in [-0.25, -0.2) is 8.78 Å². The van der Waals surface area contributed by atoms with Crippen LogP contribution in [0.2, 0.25) is 0 Å². The average Bonchev–Trinajstić information content (AvgIpc) is 2.50. The van der Waals surface area contributed by atoms with E-state index in [4.69, 9.17) is 0 Å². The average molecular weight is 305 g/mol. The smallest absolute Gasteiger partial charge is 0.163 e. The van der Waals surface area contributed by atoms with E-state index in [1.165, 1.54) is 10.5 Å². The van der Waals surface area contributed by atoms with Crippen LogP contribution in [0.4, 0.5) is 8.78 Å². The van der Waals surface area contributed by atoms with Crippen LogP contribution in [-0.4, -0.2) is 5.75 Å². The van der Waals surface area contributed by atoms with Gasteiger partial charge in [-0.2, -0.15) is 0 Å². The fourth-order valence-corrected chi connectivity index (χ4v) is 3.89. The first-order valence-electron chi connectivity index (χ1n) is 7.08. The monoisotopic (exact) mass is 305 g/mol. The molecule has 0 fully saturated rings. The molecule has 1 heterocycles. The zero-order chi connectivity index (χ0) is 14.8. The molecular formula is C17H17F2NS. The van der Waals surface area contributed by atoms with Crippen LogP contribution in [0.15, 0.2) is 47.4 Å². The van der Waals surface area contributed by atoms with Gasteiger partial charge in [0.15, 0.2) is 11.6 Å². The molecule has 2 unspecified atom stereocenters. The second-order valence-corrected chi connectivity index (χ2v) is 6.40. The van der Waals surface area contributed by atoms with Crippen LogP contribution >= 0.6 is 11.8 Å². The van der Waals surface area contributed by atoms with E-state index in [0.29, 0.717) is 5.56 Å². The highest BCUT2D eigenvalue weighted by atomic mass is 32.2. The van der Waals surface area contributed by atoms with Crippen LogP contribution < -0.4 is 5.32 Å². The van der Waals surface area contributed by atoms with E-state index < -0.39 is 11.6 Å². The van der Waals surface area contributed by atoms with Gasteiger partial charge in [0.2, 0.25) is 0 Å². The van der Waals surface area contributed by atoms with E-state index in [-0.39, 0.29) is 12.1 Å². The molecule has 1 aliphatic heterocycles. The summed E-state index contributed by atoms with van der Waals surface area (Å²) in [5.41, 5.74) is 1.63. The van der Waals surface area contributed by atoms with Crippen molar-refractivity contribution in [2.24, 2.45) is 0 Å². The Hall–Kier alpha value is -1.39. The van der Waals surface area contributed by atoms with E-state index in [0.717, 1.165) is 18.2 Å². The first kappa shape index (κ1) is 14.5. The van der Waals surface area contributed by atoms with Crippen molar-refractivity contribution in [2.75, 3.05) is 5.75 Å². The zero-order valence-electron chi connectivity index (χ0n) is 11.8. The van der Waals surface area contributed by atoms with Crippen LogP contribution in [0.25, 0.3) is 0 Å². The summed E-state index contributed by atoms with van der Waals surface area (Å²) in [4.78, 5) is 1.27. The van der Waals surface area contributed by atoms with Gasteiger partial charge in [0.05, 0.1) is 0 Å². The molecule has 0 bridgehead atoms. The molecule has 110 valence electrons. The Balaban J connectivity index is 1.83. The van der Waals surface area contributed by atoms with E-state index >= 15 is 0 Å². The third kappa shape index (κ3) is 2.97. The van der Waals surface area contributed by atoms with Crippen LogP contribution in [0.5, 0.6) is 0 Å². The molecule has 0 aliphatic carbocycles. The van der Waals surface area contributed by atoms with Gasteiger partial charge >= 0.3 is 0 Å². The maximum Gasteiger partial charge on any atom is 0.163 e. The number of hydrogen-bond donors (Lipinski definition) is 1. The summed E-state index contributed by atoms with van der Waals surface area (Å²) in [6, 6.07) is 12.6. The normalized spacial score (nSPS) is 19.1. The van der Waals surface area contributed by atoms with Gasteiger partial charge in [-0.3, -0.25) is 0 Å². The maximum atomic E-state index is 13.9. The molecule has 2 aromatic rings. The van der Waals surface area contributed by atoms with Crippen LogP contribution in [-0.2, 0) is 0 Å². The van der Waals surface area contributed by atoms with Crippen molar-refractivity contribution in [3.8, 4) is 0 Å². The lowest BCUT2D eigenvalue weighted by Gasteiger charge is -2.29. The van der Waals surface area contributed by atoms with Gasteiger partial charge in [-0.05, 0) is 36.8 Å². The Morgan fingerprint density at radius 2 is 1.95 bits per heavy atom. The lowest BCUT2D eigenvalue weighted by Crippen LogP contribution is -2.28. The van der Waals surface area contributed by atoms with Gasteiger partial charge in [-0.15, -0.1) is 11.8 Å². The molecule has 1 N–H and O–H groups in total. The molecule has 21 heavy (non-hydrogen) atoms. The van der Waals surface area contributed by atoms with Crippen molar-refractivity contribution < 1.29 is 8.78 Å². The Morgan fingerprint density at radius 3 is 2.81 bits per heavy atom. The van der Waals surface area contributed by atoms with E-state index in [2.05, 4.69) is 17.4 Å². The molecule has 0 spiro atoms. The predicted octanol–water partition coefficient (Wildman–Crippen LogP) is 4.85. The summed E-state index contributed by atoms with van der Waals surface area (Å²) < 4.78 is 27.2. The highest BCUT2D eigenvalue weighted by Gasteiger charge is 2.23. The van der Waals surface area contributed by atoms with Gasteiger partial charge in [0, 0.05) is 22.5 Å². The third-order valence-corrected chi connectivity index (χ3v) is 4.98. The fourth-order valence-electron chi connectivity index (χ4n) is 2.76. The van der Waals surface area contributed by atoms with Crippen molar-refractivity contribution >= 4 is 11.8 Å². The standard InChI is InChI=1S/C17H17F2NS/c1-11(12-6-4-7-14(18)17(12)19)20-15-9-10-21-16-8-3-2-5-13(15)16/h2-8,11,15,20H,9-10H2,1H3. The molecule has 0 saturated heterocycles. The number of hydrogen-bond acceptors (Lipinski definition) is 2. The molecule has 0 amide bonds. The van der Waals surface area contributed by atoms with Crippen LogP contribution in [0, 0.1) is 11.6 Å². The van der Waals surface area contributed by atoms with E-state index in [9.17, 15) is 8.78 Å². The number of thioether (sulfide) groups is 1. The summed E-state index contributed by atoms with van der Waals surface area (Å²) in [7, 11) is 0. The highest BCUT2D eigenvalue weighted by Crippen LogP contribution is 2.37. The van der Waals surface area contributed by atoms with Crippen molar-refractivity contribution in [2.45, 2.75) is 30.3 Å². The van der Waals surface area contributed by atoms with E-state index in [1.54, 1.807) is 12.1 Å². The Kier molecular flexibility index (Phi) is 4.27. The number of benzene rings is 2. The minimum Gasteiger partial charge on any atom is -0.303 e. The lowest BCUT2D eigenvalue weighted by molar-refractivity contribution is 0.425. The Morgan fingerprint density at radius 1 is 1.14 bits per heavy atom. The number of halogens is 2. The largest absolute Gasteiger partial charge is 0.303 e. The molecule has 2 aromatic carbocycles. The zero-order valence-corrected chi connectivity index (χ0v) is 12.6. The topological polar surface area (TPSA) is 12.0 Å². The summed E-state index contributed by atoms with van der Waals surface area (Å²) in [6.07, 6.45) is 0.989. The quantitative estimate of drug-likeness (QED) is 0.869. The summed E-state index contributed by atoms with van der Waals surface area (Å²) in [5.74, 6) is -0.510. The van der Waals surface area contributed by atoms with Gasteiger partial charge in [0.1, 0.15) is 0 Å². The molecule has 0 radical (unpaired) electrons. The van der Waals surface area contributed by atoms with Crippen molar-refractivity contribution in [1.29, 1.82) is 0 Å². The summed E-state index contributed by atoms with van der Waals surface area (Å²) in [5, 5.41) is 3.44. The maximum absolute atomic E-state index is 13.9. The third-order valence-electron chi connectivity index (χ3n) is 3.86. The number of rotatable bonds is 3. The van der Waals surface area contributed by atoms with Crippen LogP contribution in [0.3, 0.4) is 0 Å². The molecule has 0 aromatic heterocycles. The van der Waals surface area contributed by atoms with Gasteiger partial charge in [-0.1, -0.05) is 30.3 Å². The van der Waals surface area contributed by atoms with Gasteiger partial charge in [0.25, 0.3) is 0 Å². The highest BCUT2D eigenvalue weighted by molar-refractivity contribution is 7.99. The number of fused-ring (bicyclic) bond motifs is 1. The van der Waals surface area contributed by atoms with Crippen molar-refractivity contribution in [1.82, 2.24) is 5.32 Å². The van der Waals surface area contributed by atoms with Crippen molar-refractivity contribution in [3.63, 3.8) is 0 Å². The summed E-state index contributed by atoms with van der Waals surface area (Å²) >= 11 is 1.85. The predicted molar refractivity (Wildman–Crippen MR) is 82.4 cm³/mol. The molecule has 0 saturated carbocycles. The minimum absolute atomic E-state index is 0.181. The fraction of sp³-hybridized carbons (Fsp3) is 0.294. The first-order chi connectivity index (χ1) is 10.2. The second kappa shape index (κ2) is 6.16. The second-order valence-electron chi connectivity index (χ2n) is 5.26. The molecule has 3 rings (SSSR count). The molecule has 4 heteroatoms. The SMILES string of the molecule is CC(NC1CCSc2ccccc21)c1cccc(F)c1F. The first-order valence-corrected chi connectivity index (χ1v) is 8.07. The van der Waals surface area contributed by atoms with Crippen LogP contribution in [0.1, 0.15) is 36.6 Å². The summed E-state index contributed by atoms with van der Waals surface area (Å²) in [6.45, 7) is 1.88. The Labute approximate surface area is 127 Å². The molecule has 1 aliphatic rings. The van der Waals surface area contributed by atoms with Gasteiger partial charge < -0.3 is 5.32 Å². The lowest BCUT2D eigenvalue weighted by atomic mass is 10.0. The number of nitrogens with one attached hydrogen (secondary N) is 1. The molecule has 1 nitrogen and oxygen atoms in total. The van der Waals surface area contributed by atoms with E-state index in [1.807, 2.05) is 30.8 Å². The van der Waals surface area contributed by atoms with Crippen molar-refractivity contribution in [3.05, 3.63) is 65.2 Å². The molecular weight excluding hydrogens is 288 g/mol. The minimum atomic E-state index is -0.791. The Bertz CT molecular complexity index is 644. The molecule has 2 atom stereocenters.